The van der Waals surface area contributed by atoms with Crippen molar-refractivity contribution >= 4 is 39.2 Å². The van der Waals surface area contributed by atoms with E-state index in [0.717, 1.165) is 25.3 Å². The Morgan fingerprint density at radius 2 is 1.97 bits per heavy atom. The number of ether oxygens (including phenoxy) is 1. The molecule has 0 aliphatic heterocycles. The summed E-state index contributed by atoms with van der Waals surface area (Å²) in [7, 11) is 3.44. The maximum absolute atomic E-state index is 14.9. The number of methoxy groups -OCH3 is 1. The number of likely N-dealkylation sites (N-methyl/N-ethyl adjacent to an activating group) is 1. The Kier molecular flexibility index (Phi) is 11.3. The molecule has 212 valence electrons. The average Bonchev–Trinajstić information content (AvgIpc) is 3.27. The van der Waals surface area contributed by atoms with Gasteiger partial charge in [-0.1, -0.05) is 25.4 Å². The summed E-state index contributed by atoms with van der Waals surface area (Å²) in [6, 6.07) is 2.35. The normalized spacial score (nSPS) is 17.4. The van der Waals surface area contributed by atoms with Gasteiger partial charge in [-0.05, 0) is 45.3 Å². The molecular weight excluding hydrogens is 535 g/mol. The summed E-state index contributed by atoms with van der Waals surface area (Å²) < 4.78 is 45.8. The van der Waals surface area contributed by atoms with Crippen molar-refractivity contribution in [3.8, 4) is 5.75 Å². The number of carbonyl (C=O) groups excluding carboxylic acids is 1. The van der Waals surface area contributed by atoms with Crippen LogP contribution in [0.5, 0.6) is 5.75 Å². The molecule has 1 aliphatic rings. The molecule has 13 heteroatoms. The van der Waals surface area contributed by atoms with Gasteiger partial charge in [0, 0.05) is 32.2 Å². The summed E-state index contributed by atoms with van der Waals surface area (Å²) in [4.78, 5) is 23.1. The van der Waals surface area contributed by atoms with E-state index in [-0.39, 0.29) is 42.3 Å². The van der Waals surface area contributed by atoms with Crippen molar-refractivity contribution in [1.82, 2.24) is 24.5 Å². The van der Waals surface area contributed by atoms with Gasteiger partial charge in [-0.3, -0.25) is 4.79 Å². The van der Waals surface area contributed by atoms with Crippen molar-refractivity contribution in [2.24, 2.45) is 5.92 Å². The van der Waals surface area contributed by atoms with Gasteiger partial charge in [-0.15, -0.1) is 0 Å². The summed E-state index contributed by atoms with van der Waals surface area (Å²) in [6.45, 7) is 0.989. The van der Waals surface area contributed by atoms with E-state index >= 15 is 0 Å². The molecule has 1 fully saturated rings. The van der Waals surface area contributed by atoms with Gasteiger partial charge >= 0.3 is 0 Å². The Morgan fingerprint density at radius 3 is 2.61 bits per heavy atom. The molecule has 0 radical (unpaired) electrons. The van der Waals surface area contributed by atoms with Gasteiger partial charge in [0.25, 0.3) is 5.91 Å². The molecule has 2 aromatic rings. The molecule has 10 nitrogen and oxygen atoms in total. The van der Waals surface area contributed by atoms with E-state index < -0.39 is 21.7 Å². The van der Waals surface area contributed by atoms with Crippen molar-refractivity contribution < 1.29 is 22.3 Å². The molecule has 2 N–H and O–H groups in total. The highest BCUT2D eigenvalue weighted by Gasteiger charge is 2.35. The van der Waals surface area contributed by atoms with E-state index in [9.17, 15) is 17.6 Å². The first-order valence-electron chi connectivity index (χ1n) is 11.9. The number of hydrogen-bond donors (Lipinski definition) is 2. The number of nitrogens with zero attached hydrogens (tertiary/aromatic N) is 4. The molecule has 0 bridgehead atoms. The third-order valence-electron chi connectivity index (χ3n) is 6.51. The first kappa shape index (κ1) is 31.7. The summed E-state index contributed by atoms with van der Waals surface area (Å²) in [6.07, 6.45) is 5.66. The van der Waals surface area contributed by atoms with Crippen LogP contribution in [-0.2, 0) is 16.4 Å². The van der Waals surface area contributed by atoms with Crippen LogP contribution >= 0.6 is 11.6 Å². The van der Waals surface area contributed by atoms with E-state index in [1.165, 1.54) is 29.9 Å². The quantitative estimate of drug-likeness (QED) is 0.420. The zero-order valence-electron chi connectivity index (χ0n) is 21.7. The molecule has 2 atom stereocenters. The van der Waals surface area contributed by atoms with Crippen molar-refractivity contribution in [3.63, 3.8) is 0 Å². The highest BCUT2D eigenvalue weighted by atomic mass is 35.5. The van der Waals surface area contributed by atoms with Gasteiger partial charge < -0.3 is 20.3 Å². The number of benzene rings is 1. The summed E-state index contributed by atoms with van der Waals surface area (Å²) in [5, 5.41) is 5.99. The van der Waals surface area contributed by atoms with Gasteiger partial charge in [0.05, 0.1) is 41.5 Å². The van der Waals surface area contributed by atoms with Crippen molar-refractivity contribution in [1.29, 1.82) is 0 Å². The second-order valence-corrected chi connectivity index (χ2v) is 11.9. The lowest BCUT2D eigenvalue weighted by molar-refractivity contribution is 0.0946. The Balaban J connectivity index is 0.00000507. The van der Waals surface area contributed by atoms with Crippen molar-refractivity contribution in [2.75, 3.05) is 52.9 Å². The van der Waals surface area contributed by atoms with E-state index in [1.54, 1.807) is 7.05 Å². The minimum absolute atomic E-state index is 0. The van der Waals surface area contributed by atoms with Gasteiger partial charge in [0.1, 0.15) is 11.6 Å². The predicted octanol–water partition coefficient (Wildman–Crippen LogP) is 3.55. The molecule has 1 aromatic heterocycles. The molecular formula is C25H38ClFN6O4S. The van der Waals surface area contributed by atoms with Gasteiger partial charge in [-0.2, -0.15) is 0 Å². The molecule has 1 aromatic carbocycles. The number of nitrogens with one attached hydrogen (secondary N) is 2. The second-order valence-electron chi connectivity index (χ2n) is 9.45. The van der Waals surface area contributed by atoms with E-state index in [2.05, 4.69) is 20.6 Å². The zero-order valence-corrected chi connectivity index (χ0v) is 23.3. The van der Waals surface area contributed by atoms with Crippen LogP contribution in [0.3, 0.4) is 0 Å². The third kappa shape index (κ3) is 7.98. The number of aromatic nitrogens is 2. The Morgan fingerprint density at radius 1 is 1.26 bits per heavy atom. The predicted molar refractivity (Wildman–Crippen MR) is 148 cm³/mol. The summed E-state index contributed by atoms with van der Waals surface area (Å²) in [5.74, 6) is -0.801. The Hall–Kier alpha value is -2.54. The molecule has 0 unspecified atom stereocenters. The molecule has 1 saturated carbocycles. The minimum Gasteiger partial charge on any atom is -0.495 e. The third-order valence-corrected chi connectivity index (χ3v) is 8.14. The monoisotopic (exact) mass is 572 g/mol. The number of anilines is 2. The van der Waals surface area contributed by atoms with E-state index in [4.69, 9.17) is 16.3 Å². The molecule has 1 amide bonds. The molecule has 0 saturated heterocycles. The fourth-order valence-electron chi connectivity index (χ4n) is 4.44. The SMILES string of the molecule is C.COc1cc(C(=O)NCCN(C)C)c(F)cc1Nc1ncc(Cl)c(C[C@@H]2CCC[C@H]2N(C)S(C)(=O)=O)n1. The van der Waals surface area contributed by atoms with E-state index in [1.807, 2.05) is 19.0 Å². The zero-order chi connectivity index (χ0) is 27.3. The topological polar surface area (TPSA) is 117 Å². The van der Waals surface area contributed by atoms with Crippen molar-refractivity contribution in [3.05, 3.63) is 40.4 Å². The standard InChI is InChI=1S/C24H34ClFN6O4S.CH4/c1-31(2)10-9-27-23(33)16-12-22(36-4)20(13-18(16)26)30-24-28-14-17(25)19(29-24)11-15-7-6-8-21(15)32(3)37(5,34)35;/h12-15,21H,6-11H2,1-5H3,(H,27,33)(H,28,29,30);1H4/t15-,21+;/m0./s1. The largest absolute Gasteiger partial charge is 0.495 e. The summed E-state index contributed by atoms with van der Waals surface area (Å²) in [5.41, 5.74) is 0.670. The van der Waals surface area contributed by atoms with Crippen LogP contribution in [-0.4, -0.2) is 87.1 Å². The van der Waals surface area contributed by atoms with Crippen LogP contribution in [0.4, 0.5) is 16.0 Å². The van der Waals surface area contributed by atoms with Gasteiger partial charge in [0.2, 0.25) is 16.0 Å². The molecule has 0 spiro atoms. The molecule has 1 aliphatic carbocycles. The number of carbonyl (C=O) groups is 1. The first-order valence-corrected chi connectivity index (χ1v) is 14.1. The second kappa shape index (κ2) is 13.5. The average molecular weight is 573 g/mol. The van der Waals surface area contributed by atoms with E-state index in [0.29, 0.717) is 30.2 Å². The number of sulfonamides is 1. The fourth-order valence-corrected chi connectivity index (χ4v) is 5.37. The maximum atomic E-state index is 14.9. The molecule has 1 heterocycles. The fraction of sp³-hybridized carbons (Fsp3) is 0.560. The number of hydrogen-bond acceptors (Lipinski definition) is 8. The number of rotatable bonds is 11. The lowest BCUT2D eigenvalue weighted by Crippen LogP contribution is -2.39. The molecule has 3 rings (SSSR count). The maximum Gasteiger partial charge on any atom is 0.254 e. The highest BCUT2D eigenvalue weighted by molar-refractivity contribution is 7.88. The lowest BCUT2D eigenvalue weighted by atomic mass is 9.97. The van der Waals surface area contributed by atoms with Crippen molar-refractivity contribution in [2.45, 2.75) is 39.2 Å². The van der Waals surface area contributed by atoms with Crippen LogP contribution < -0.4 is 15.4 Å². The van der Waals surface area contributed by atoms with Gasteiger partial charge in [0.15, 0.2) is 0 Å². The number of halogens is 2. The lowest BCUT2D eigenvalue weighted by Gasteiger charge is -2.27. The minimum atomic E-state index is -3.33. The number of amides is 1. The Labute approximate surface area is 230 Å². The smallest absolute Gasteiger partial charge is 0.254 e. The van der Waals surface area contributed by atoms with Crippen LogP contribution in [0.2, 0.25) is 5.02 Å². The van der Waals surface area contributed by atoms with Crippen LogP contribution in [0.25, 0.3) is 0 Å². The molecule has 38 heavy (non-hydrogen) atoms. The van der Waals surface area contributed by atoms with Crippen LogP contribution in [0.15, 0.2) is 18.3 Å². The Bertz CT molecular complexity index is 1230. The van der Waals surface area contributed by atoms with Gasteiger partial charge in [-0.25, -0.2) is 27.1 Å². The highest BCUT2D eigenvalue weighted by Crippen LogP contribution is 2.35. The van der Waals surface area contributed by atoms with Crippen LogP contribution in [0.1, 0.15) is 42.7 Å². The first-order chi connectivity index (χ1) is 17.4. The van der Waals surface area contributed by atoms with Crippen LogP contribution in [0, 0.1) is 11.7 Å². The summed E-state index contributed by atoms with van der Waals surface area (Å²) >= 11 is 6.38.